The lowest BCUT2D eigenvalue weighted by molar-refractivity contribution is -0.125. The molecule has 1 saturated carbocycles. The Morgan fingerprint density at radius 1 is 1.20 bits per heavy atom. The van der Waals surface area contributed by atoms with Gasteiger partial charge >= 0.3 is 5.69 Å². The van der Waals surface area contributed by atoms with Gasteiger partial charge in [0.05, 0.1) is 5.52 Å². The molecule has 1 atom stereocenters. The molecule has 1 aliphatic rings. The van der Waals surface area contributed by atoms with E-state index in [-0.39, 0.29) is 41.8 Å². The van der Waals surface area contributed by atoms with Gasteiger partial charge in [-0.3, -0.25) is 23.5 Å². The van der Waals surface area contributed by atoms with Crippen LogP contribution in [-0.4, -0.2) is 34.0 Å². The van der Waals surface area contributed by atoms with Crippen LogP contribution < -0.4 is 21.9 Å². The van der Waals surface area contributed by atoms with E-state index in [1.54, 1.807) is 18.5 Å². The van der Waals surface area contributed by atoms with Crippen molar-refractivity contribution in [1.29, 1.82) is 0 Å². The molecular weight excluding hydrogens is 404 g/mol. The molecule has 3 rings (SSSR count). The minimum Gasteiger partial charge on any atom is -0.359 e. The molecular formula is C21H30N4O4S. The second-order valence-electron chi connectivity index (χ2n) is 8.13. The van der Waals surface area contributed by atoms with Gasteiger partial charge in [0.1, 0.15) is 11.2 Å². The summed E-state index contributed by atoms with van der Waals surface area (Å²) in [5.41, 5.74) is -0.232. The van der Waals surface area contributed by atoms with Crippen molar-refractivity contribution in [3.63, 3.8) is 0 Å². The monoisotopic (exact) mass is 434 g/mol. The van der Waals surface area contributed by atoms with Crippen LogP contribution in [0.25, 0.3) is 10.2 Å². The summed E-state index contributed by atoms with van der Waals surface area (Å²) in [4.78, 5) is 50.4. The minimum absolute atomic E-state index is 0.00339. The molecule has 2 amide bonds. The summed E-state index contributed by atoms with van der Waals surface area (Å²) >= 11 is 1.29. The molecule has 0 saturated heterocycles. The Morgan fingerprint density at radius 3 is 2.53 bits per heavy atom. The number of rotatable bonds is 7. The first kappa shape index (κ1) is 22.3. The highest BCUT2D eigenvalue weighted by molar-refractivity contribution is 7.17. The Bertz CT molecular complexity index is 1030. The fraction of sp³-hybridized carbons (Fsp3) is 0.619. The van der Waals surface area contributed by atoms with Crippen molar-refractivity contribution in [2.24, 2.45) is 11.8 Å². The Balaban J connectivity index is 1.85. The third-order valence-electron chi connectivity index (χ3n) is 6.06. The molecule has 0 aromatic carbocycles. The van der Waals surface area contributed by atoms with E-state index in [0.29, 0.717) is 16.8 Å². The Kier molecular flexibility index (Phi) is 7.12. The summed E-state index contributed by atoms with van der Waals surface area (Å²) in [6, 6.07) is 1.74. The number of hydrogen-bond acceptors (Lipinski definition) is 5. The Hall–Kier alpha value is -2.42. The summed E-state index contributed by atoms with van der Waals surface area (Å²) in [5.74, 6) is -0.0182. The van der Waals surface area contributed by atoms with Crippen LogP contribution in [0.1, 0.15) is 46.0 Å². The molecule has 2 aromatic heterocycles. The quantitative estimate of drug-likeness (QED) is 0.692. The van der Waals surface area contributed by atoms with Crippen LogP contribution in [0.2, 0.25) is 0 Å². The lowest BCUT2D eigenvalue weighted by atomic mass is 9.81. The number of thiophene rings is 1. The average Bonchev–Trinajstić information content (AvgIpc) is 3.24. The highest BCUT2D eigenvalue weighted by Gasteiger charge is 2.27. The van der Waals surface area contributed by atoms with E-state index in [0.717, 1.165) is 32.1 Å². The van der Waals surface area contributed by atoms with Crippen molar-refractivity contribution >= 4 is 33.4 Å². The van der Waals surface area contributed by atoms with Gasteiger partial charge < -0.3 is 10.6 Å². The summed E-state index contributed by atoms with van der Waals surface area (Å²) in [6.07, 6.45) is 3.90. The maximum Gasteiger partial charge on any atom is 0.332 e. The van der Waals surface area contributed by atoms with E-state index in [1.165, 1.54) is 20.5 Å². The maximum absolute atomic E-state index is 13.2. The van der Waals surface area contributed by atoms with Crippen LogP contribution in [0.15, 0.2) is 21.0 Å². The lowest BCUT2D eigenvalue weighted by Crippen LogP contribution is -2.44. The largest absolute Gasteiger partial charge is 0.359 e. The first-order valence-electron chi connectivity index (χ1n) is 10.6. The van der Waals surface area contributed by atoms with Crippen molar-refractivity contribution in [2.45, 2.75) is 65.1 Å². The third kappa shape index (κ3) is 4.66. The zero-order valence-electron chi connectivity index (χ0n) is 17.8. The van der Waals surface area contributed by atoms with Gasteiger partial charge in [0, 0.05) is 25.6 Å². The second kappa shape index (κ2) is 9.59. The highest BCUT2D eigenvalue weighted by atomic mass is 32.1. The van der Waals surface area contributed by atoms with Crippen LogP contribution in [0, 0.1) is 11.8 Å². The number of aromatic nitrogens is 2. The molecule has 0 aliphatic heterocycles. The Labute approximate surface area is 179 Å². The number of amides is 2. The first-order valence-corrected chi connectivity index (χ1v) is 11.4. The van der Waals surface area contributed by atoms with E-state index < -0.39 is 5.69 Å². The second-order valence-corrected chi connectivity index (χ2v) is 9.04. The number of carbonyl (C=O) groups excluding carboxylic acids is 2. The smallest absolute Gasteiger partial charge is 0.332 e. The van der Waals surface area contributed by atoms with Crippen molar-refractivity contribution in [2.75, 3.05) is 7.05 Å². The van der Waals surface area contributed by atoms with Gasteiger partial charge in [-0.15, -0.1) is 11.3 Å². The van der Waals surface area contributed by atoms with Gasteiger partial charge in [-0.05, 0) is 56.4 Å². The van der Waals surface area contributed by atoms with Gasteiger partial charge in [0.15, 0.2) is 0 Å². The number of fused-ring (bicyclic) bond motifs is 1. The fourth-order valence-electron chi connectivity index (χ4n) is 4.08. The van der Waals surface area contributed by atoms with Crippen molar-refractivity contribution in [3.05, 3.63) is 32.3 Å². The van der Waals surface area contributed by atoms with E-state index in [9.17, 15) is 19.2 Å². The van der Waals surface area contributed by atoms with Crippen molar-refractivity contribution < 1.29 is 9.59 Å². The number of carbonyl (C=O) groups is 2. The normalized spacial score (nSPS) is 20.1. The molecule has 9 heteroatoms. The standard InChI is InChI=1S/C21H30N4O4S/c1-4-13(2)23-17(26)12-24-16-9-10-30-18(16)20(28)25(21(24)29)11-14-5-7-15(8-6-14)19(27)22-3/h9-10,13-15H,4-8,11-12H2,1-3H3,(H,22,27)(H,23,26)/t13-,14?,15?/m0/s1. The first-order chi connectivity index (χ1) is 14.3. The van der Waals surface area contributed by atoms with Crippen LogP contribution in [-0.2, 0) is 22.7 Å². The van der Waals surface area contributed by atoms with E-state index >= 15 is 0 Å². The van der Waals surface area contributed by atoms with Crippen molar-refractivity contribution in [3.8, 4) is 0 Å². The molecule has 2 N–H and O–H groups in total. The summed E-state index contributed by atoms with van der Waals surface area (Å²) in [7, 11) is 1.64. The molecule has 1 fully saturated rings. The van der Waals surface area contributed by atoms with E-state index in [2.05, 4.69) is 10.6 Å². The Morgan fingerprint density at radius 2 is 1.90 bits per heavy atom. The predicted molar refractivity (Wildman–Crippen MR) is 118 cm³/mol. The molecule has 0 bridgehead atoms. The van der Waals surface area contributed by atoms with Gasteiger partial charge in [0.25, 0.3) is 5.56 Å². The van der Waals surface area contributed by atoms with Gasteiger partial charge in [-0.2, -0.15) is 0 Å². The van der Waals surface area contributed by atoms with Crippen LogP contribution in [0.4, 0.5) is 0 Å². The van der Waals surface area contributed by atoms with Crippen LogP contribution in [0.5, 0.6) is 0 Å². The van der Waals surface area contributed by atoms with Gasteiger partial charge in [-0.1, -0.05) is 6.92 Å². The highest BCUT2D eigenvalue weighted by Crippen LogP contribution is 2.29. The van der Waals surface area contributed by atoms with Gasteiger partial charge in [0.2, 0.25) is 11.8 Å². The van der Waals surface area contributed by atoms with Crippen molar-refractivity contribution in [1.82, 2.24) is 19.8 Å². The molecule has 0 unspecified atom stereocenters. The van der Waals surface area contributed by atoms with E-state index in [1.807, 2.05) is 13.8 Å². The zero-order chi connectivity index (χ0) is 21.8. The molecule has 2 aromatic rings. The molecule has 0 radical (unpaired) electrons. The topological polar surface area (TPSA) is 102 Å². The fourth-order valence-corrected chi connectivity index (χ4v) is 4.93. The molecule has 2 heterocycles. The number of nitrogens with one attached hydrogen (secondary N) is 2. The van der Waals surface area contributed by atoms with Crippen LogP contribution >= 0.6 is 11.3 Å². The SMILES string of the molecule is CC[C@H](C)NC(=O)Cn1c(=O)n(CC2CCC(C(=O)NC)CC2)c(=O)c2sccc21. The maximum atomic E-state index is 13.2. The summed E-state index contributed by atoms with van der Waals surface area (Å²) in [6.45, 7) is 4.10. The minimum atomic E-state index is -0.446. The predicted octanol–water partition coefficient (Wildman–Crippen LogP) is 1.69. The lowest BCUT2D eigenvalue weighted by Gasteiger charge is -2.27. The number of hydrogen-bond donors (Lipinski definition) is 2. The third-order valence-corrected chi connectivity index (χ3v) is 6.95. The van der Waals surface area contributed by atoms with Gasteiger partial charge in [-0.25, -0.2) is 4.79 Å². The number of nitrogens with zero attached hydrogens (tertiary/aromatic N) is 2. The molecule has 1 aliphatic carbocycles. The summed E-state index contributed by atoms with van der Waals surface area (Å²) < 4.78 is 3.17. The molecule has 164 valence electrons. The zero-order valence-corrected chi connectivity index (χ0v) is 18.6. The molecule has 8 nitrogen and oxygen atoms in total. The van der Waals surface area contributed by atoms with E-state index in [4.69, 9.17) is 0 Å². The molecule has 30 heavy (non-hydrogen) atoms. The molecule has 0 spiro atoms. The average molecular weight is 435 g/mol. The van der Waals surface area contributed by atoms with Crippen LogP contribution in [0.3, 0.4) is 0 Å². The summed E-state index contributed by atoms with van der Waals surface area (Å²) in [5, 5.41) is 7.34.